The van der Waals surface area contributed by atoms with Gasteiger partial charge in [0.2, 0.25) is 0 Å². The summed E-state index contributed by atoms with van der Waals surface area (Å²) in [4.78, 5) is 53.5. The molecule has 0 aliphatic heterocycles. The van der Waals surface area contributed by atoms with Gasteiger partial charge in [-0.25, -0.2) is 9.97 Å². The summed E-state index contributed by atoms with van der Waals surface area (Å²) in [5.74, 6) is 0.588. The third-order valence-electron chi connectivity index (χ3n) is 6.28. The Bertz CT molecular complexity index is 1440. The highest BCUT2D eigenvalue weighted by atomic mass is 35.5. The molecule has 0 amide bonds. The molecule has 12 nitrogen and oxygen atoms in total. The number of benzene rings is 2. The van der Waals surface area contributed by atoms with Gasteiger partial charge in [0.1, 0.15) is 34.2 Å². The number of aldehydes is 2. The molecule has 2 aromatic heterocycles. The number of aromatic hydroxyl groups is 2. The Morgan fingerprint density at radius 2 is 1.12 bits per heavy atom. The standard InChI is InChI=1S/2C14H16N2O4.CH4.ClH/c2*1-3-20-13(19)7-6-12-15-14-9(8-17)11(18)5-4-10(14)16(12)2;;/h2*4-5,8,18H,3,6-7H2,1-2H3;1H4;1H. The monoisotopic (exact) mass is 604 g/mol. The van der Waals surface area contributed by atoms with Crippen molar-refractivity contribution < 1.29 is 38.9 Å². The molecule has 0 atom stereocenters. The molecule has 13 heteroatoms. The van der Waals surface area contributed by atoms with Crippen LogP contribution in [-0.4, -0.2) is 67.0 Å². The molecular weight excluding hydrogens is 568 g/mol. The summed E-state index contributed by atoms with van der Waals surface area (Å²) in [5.41, 5.74) is 2.70. The van der Waals surface area contributed by atoms with Gasteiger partial charge in [-0.1, -0.05) is 7.43 Å². The van der Waals surface area contributed by atoms with E-state index in [4.69, 9.17) is 9.47 Å². The number of hydrogen-bond donors (Lipinski definition) is 2. The Balaban J connectivity index is 0.000000401. The van der Waals surface area contributed by atoms with Crippen LogP contribution in [-0.2, 0) is 46.0 Å². The summed E-state index contributed by atoms with van der Waals surface area (Å²) in [5, 5.41) is 19.3. The number of nitrogens with zero attached hydrogens (tertiary/aromatic N) is 4. The predicted octanol–water partition coefficient (Wildman–Crippen LogP) is 4.23. The molecule has 2 heterocycles. The van der Waals surface area contributed by atoms with E-state index in [9.17, 15) is 29.4 Å². The number of hydrogen-bond acceptors (Lipinski definition) is 10. The summed E-state index contributed by atoms with van der Waals surface area (Å²) in [7, 11) is 3.61. The number of aromatic nitrogens is 4. The first-order valence-electron chi connectivity index (χ1n) is 12.7. The first-order valence-corrected chi connectivity index (χ1v) is 12.7. The molecule has 0 fully saturated rings. The van der Waals surface area contributed by atoms with Gasteiger partial charge in [-0.3, -0.25) is 19.2 Å². The van der Waals surface area contributed by atoms with E-state index in [0.717, 1.165) is 11.0 Å². The lowest BCUT2D eigenvalue weighted by molar-refractivity contribution is -0.144. The minimum Gasteiger partial charge on any atom is -0.507 e. The van der Waals surface area contributed by atoms with E-state index in [1.165, 1.54) is 12.1 Å². The average Bonchev–Trinajstić information content (AvgIpc) is 3.42. The molecular formula is C29H37ClN4O8. The molecule has 0 bridgehead atoms. The van der Waals surface area contributed by atoms with Crippen LogP contribution in [0.4, 0.5) is 0 Å². The summed E-state index contributed by atoms with van der Waals surface area (Å²) >= 11 is 0. The van der Waals surface area contributed by atoms with Gasteiger partial charge in [0.15, 0.2) is 12.6 Å². The van der Waals surface area contributed by atoms with E-state index >= 15 is 0 Å². The number of ether oxygens (including phenoxy) is 2. The molecule has 0 saturated heterocycles. The molecule has 4 aromatic rings. The van der Waals surface area contributed by atoms with Crippen LogP contribution in [0.5, 0.6) is 11.5 Å². The van der Waals surface area contributed by atoms with Crippen molar-refractivity contribution >= 4 is 59.0 Å². The number of phenolic OH excluding ortho intramolecular Hbond substituents is 2. The van der Waals surface area contributed by atoms with Crippen LogP contribution in [0.3, 0.4) is 0 Å². The van der Waals surface area contributed by atoms with Crippen LogP contribution in [0, 0.1) is 0 Å². The van der Waals surface area contributed by atoms with E-state index < -0.39 is 0 Å². The molecule has 0 saturated carbocycles. The third-order valence-corrected chi connectivity index (χ3v) is 6.28. The lowest BCUT2D eigenvalue weighted by Crippen LogP contribution is -2.07. The molecule has 2 N–H and O–H groups in total. The maximum Gasteiger partial charge on any atom is 0.306 e. The summed E-state index contributed by atoms with van der Waals surface area (Å²) in [6, 6.07) is 6.31. The van der Waals surface area contributed by atoms with Gasteiger partial charge in [-0.05, 0) is 38.1 Å². The third kappa shape index (κ3) is 7.84. The molecule has 0 unspecified atom stereocenters. The fraction of sp³-hybridized carbons (Fsp3) is 0.379. The molecule has 4 rings (SSSR count). The number of aryl methyl sites for hydroxylation is 4. The highest BCUT2D eigenvalue weighted by Crippen LogP contribution is 2.27. The summed E-state index contributed by atoms with van der Waals surface area (Å²) < 4.78 is 13.4. The minimum absolute atomic E-state index is 0. The summed E-state index contributed by atoms with van der Waals surface area (Å²) in [6.45, 7) is 4.22. The quantitative estimate of drug-likeness (QED) is 0.198. The maximum absolute atomic E-state index is 11.4. The number of esters is 2. The van der Waals surface area contributed by atoms with E-state index in [2.05, 4.69) is 9.97 Å². The minimum atomic E-state index is -0.280. The second-order valence-electron chi connectivity index (χ2n) is 8.75. The van der Waals surface area contributed by atoms with Gasteiger partial charge in [0, 0.05) is 26.9 Å². The molecule has 42 heavy (non-hydrogen) atoms. The van der Waals surface area contributed by atoms with Crippen molar-refractivity contribution in [3.05, 3.63) is 47.0 Å². The molecule has 0 spiro atoms. The van der Waals surface area contributed by atoms with Gasteiger partial charge in [0.05, 0.1) is 48.2 Å². The zero-order chi connectivity index (χ0) is 29.4. The van der Waals surface area contributed by atoms with Gasteiger partial charge < -0.3 is 28.8 Å². The van der Waals surface area contributed by atoms with Gasteiger partial charge >= 0.3 is 11.9 Å². The number of rotatable bonds is 10. The lowest BCUT2D eigenvalue weighted by atomic mass is 10.2. The van der Waals surface area contributed by atoms with Gasteiger partial charge in [-0.15, -0.1) is 12.4 Å². The van der Waals surface area contributed by atoms with E-state index in [1.54, 1.807) is 49.2 Å². The molecule has 0 aliphatic carbocycles. The normalized spacial score (nSPS) is 10.2. The molecule has 2 aromatic carbocycles. The Labute approximate surface area is 249 Å². The number of phenols is 2. The van der Waals surface area contributed by atoms with E-state index in [-0.39, 0.29) is 67.2 Å². The van der Waals surface area contributed by atoms with Crippen LogP contribution in [0.2, 0.25) is 0 Å². The highest BCUT2D eigenvalue weighted by Gasteiger charge is 2.16. The van der Waals surface area contributed by atoms with Crippen molar-refractivity contribution in [2.45, 2.75) is 47.0 Å². The average molecular weight is 605 g/mol. The Kier molecular flexibility index (Phi) is 13.6. The van der Waals surface area contributed by atoms with Crippen LogP contribution < -0.4 is 0 Å². The highest BCUT2D eigenvalue weighted by molar-refractivity contribution is 5.98. The molecule has 0 aliphatic rings. The van der Waals surface area contributed by atoms with Crippen LogP contribution in [0.25, 0.3) is 22.1 Å². The largest absolute Gasteiger partial charge is 0.507 e. The fourth-order valence-electron chi connectivity index (χ4n) is 4.21. The Hall–Kier alpha value is -4.45. The van der Waals surface area contributed by atoms with Crippen molar-refractivity contribution in [3.63, 3.8) is 0 Å². The second-order valence-corrected chi connectivity index (χ2v) is 8.75. The second kappa shape index (κ2) is 16.1. The number of halogens is 1. The molecule has 0 radical (unpaired) electrons. The Morgan fingerprint density at radius 3 is 1.43 bits per heavy atom. The summed E-state index contributed by atoms with van der Waals surface area (Å²) in [6.07, 6.45) is 2.46. The SMILES string of the molecule is C.CCOC(=O)CCc1nc2c(C=O)c(O)ccc2n1C.CCOC(=O)CCc1nc2c(C=O)c(O)ccc2n1C.Cl. The number of carbonyl (C=O) groups is 4. The van der Waals surface area contributed by atoms with Crippen LogP contribution in [0.1, 0.15) is 66.5 Å². The fourth-order valence-corrected chi connectivity index (χ4v) is 4.21. The van der Waals surface area contributed by atoms with Gasteiger partial charge in [-0.2, -0.15) is 0 Å². The first-order chi connectivity index (χ1) is 19.2. The van der Waals surface area contributed by atoms with Crippen molar-refractivity contribution in [3.8, 4) is 11.5 Å². The van der Waals surface area contributed by atoms with Crippen molar-refractivity contribution in [1.29, 1.82) is 0 Å². The molecule has 228 valence electrons. The van der Waals surface area contributed by atoms with Crippen molar-refractivity contribution in [2.75, 3.05) is 13.2 Å². The lowest BCUT2D eigenvalue weighted by Gasteiger charge is -2.02. The number of carbonyl (C=O) groups excluding carboxylic acids is 4. The Morgan fingerprint density at radius 1 is 0.762 bits per heavy atom. The van der Waals surface area contributed by atoms with Crippen molar-refractivity contribution in [1.82, 2.24) is 19.1 Å². The van der Waals surface area contributed by atoms with Crippen LogP contribution >= 0.6 is 12.4 Å². The van der Waals surface area contributed by atoms with E-state index in [1.807, 2.05) is 0 Å². The zero-order valence-electron chi connectivity index (χ0n) is 23.2. The maximum atomic E-state index is 11.4. The van der Waals surface area contributed by atoms with Gasteiger partial charge in [0.25, 0.3) is 0 Å². The van der Waals surface area contributed by atoms with E-state index in [0.29, 0.717) is 61.3 Å². The van der Waals surface area contributed by atoms with Crippen LogP contribution in [0.15, 0.2) is 24.3 Å². The number of imidazole rings is 2. The topological polar surface area (TPSA) is 163 Å². The number of fused-ring (bicyclic) bond motifs is 2. The zero-order valence-corrected chi connectivity index (χ0v) is 24.1. The van der Waals surface area contributed by atoms with Crippen molar-refractivity contribution in [2.24, 2.45) is 14.1 Å². The smallest absolute Gasteiger partial charge is 0.306 e. The first kappa shape index (κ1) is 35.6. The predicted molar refractivity (Wildman–Crippen MR) is 159 cm³/mol.